The first-order chi connectivity index (χ1) is 6.08. The zero-order valence-electron chi connectivity index (χ0n) is 8.53. The van der Waals surface area contributed by atoms with Crippen LogP contribution in [0.15, 0.2) is 0 Å². The van der Waals surface area contributed by atoms with E-state index >= 15 is 0 Å². The summed E-state index contributed by atoms with van der Waals surface area (Å²) in [6.07, 6.45) is 0. The summed E-state index contributed by atoms with van der Waals surface area (Å²) in [5, 5.41) is 0. The van der Waals surface area contributed by atoms with E-state index in [0.717, 1.165) is 0 Å². The monoisotopic (exact) mass is 221 g/mol. The number of methoxy groups -OCH3 is 1. The zero-order valence-corrected chi connectivity index (χ0v) is 11.7. The van der Waals surface area contributed by atoms with Crippen LogP contribution in [0.3, 0.4) is 0 Å². The maximum atomic E-state index is 9.98. The van der Waals surface area contributed by atoms with Gasteiger partial charge in [-0.05, 0) is 0 Å². The quantitative estimate of drug-likeness (QED) is 0.296. The van der Waals surface area contributed by atoms with Gasteiger partial charge in [0.1, 0.15) is 0 Å². The maximum Gasteiger partial charge on any atom is 1.00 e. The van der Waals surface area contributed by atoms with Crippen LogP contribution < -0.4 is 51.4 Å². The van der Waals surface area contributed by atoms with Crippen molar-refractivity contribution >= 4 is 11.8 Å². The number of Topliss-reactive ketones (excluding diaryl/α,β-unsaturated/α-hetero) is 1. The minimum Gasteiger partial charge on any atom is -0.464 e. The summed E-state index contributed by atoms with van der Waals surface area (Å²) >= 11 is 0. The number of nitrogens with zero attached hydrogens (tertiary/aromatic N) is 2. The zero-order chi connectivity index (χ0) is 10.7. The topological polar surface area (TPSA) is 52.1 Å². The van der Waals surface area contributed by atoms with Crippen molar-refractivity contribution in [2.45, 2.75) is 6.92 Å². The SMILES string of the molecule is [C-]#[N+]CC(=O)OC.[C-]#[N+]CC(C)=O.[K+]. The van der Waals surface area contributed by atoms with E-state index in [9.17, 15) is 9.59 Å². The van der Waals surface area contributed by atoms with Crippen molar-refractivity contribution in [2.75, 3.05) is 20.2 Å². The van der Waals surface area contributed by atoms with Crippen LogP contribution in [0.2, 0.25) is 0 Å². The van der Waals surface area contributed by atoms with Crippen molar-refractivity contribution in [3.63, 3.8) is 0 Å². The molecule has 0 spiro atoms. The molecule has 6 heteroatoms. The minimum absolute atomic E-state index is 0. The molecule has 0 unspecified atom stereocenters. The molecule has 5 nitrogen and oxygen atoms in total. The van der Waals surface area contributed by atoms with Crippen LogP contribution in [0.1, 0.15) is 6.92 Å². The van der Waals surface area contributed by atoms with Crippen molar-refractivity contribution < 1.29 is 65.7 Å². The van der Waals surface area contributed by atoms with Crippen LogP contribution in [0.25, 0.3) is 9.69 Å². The smallest absolute Gasteiger partial charge is 0.464 e. The number of carbonyl (C=O) groups is 2. The summed E-state index contributed by atoms with van der Waals surface area (Å²) in [6, 6.07) is 0. The summed E-state index contributed by atoms with van der Waals surface area (Å²) < 4.78 is 4.14. The Balaban J connectivity index is -0.000000163. The molecular weight excluding hydrogens is 211 g/mol. The molecule has 0 aromatic rings. The van der Waals surface area contributed by atoms with Gasteiger partial charge in [-0.1, -0.05) is 0 Å². The van der Waals surface area contributed by atoms with E-state index in [1.54, 1.807) is 0 Å². The molecule has 14 heavy (non-hydrogen) atoms. The van der Waals surface area contributed by atoms with Crippen molar-refractivity contribution in [3.05, 3.63) is 22.8 Å². The van der Waals surface area contributed by atoms with Gasteiger partial charge < -0.3 is 14.4 Å². The second-order valence-electron chi connectivity index (χ2n) is 1.91. The van der Waals surface area contributed by atoms with Crippen molar-refractivity contribution in [3.8, 4) is 0 Å². The fourth-order valence-electron chi connectivity index (χ4n) is 0.240. The average Bonchev–Trinajstić information content (AvgIpc) is 2.05. The average molecular weight is 221 g/mol. The molecule has 0 aliphatic heterocycles. The first-order valence-corrected chi connectivity index (χ1v) is 3.31. The summed E-state index contributed by atoms with van der Waals surface area (Å²) in [5.41, 5.74) is 0. The van der Waals surface area contributed by atoms with E-state index in [-0.39, 0.29) is 70.3 Å². The van der Waals surface area contributed by atoms with Crippen molar-refractivity contribution in [1.82, 2.24) is 0 Å². The van der Waals surface area contributed by atoms with E-state index < -0.39 is 5.97 Å². The van der Waals surface area contributed by atoms with Crippen molar-refractivity contribution in [1.29, 1.82) is 0 Å². The Morgan fingerprint density at radius 1 is 1.21 bits per heavy atom. The van der Waals surface area contributed by atoms with Gasteiger partial charge in [0.2, 0.25) is 5.78 Å². The van der Waals surface area contributed by atoms with Crippen LogP contribution in [-0.4, -0.2) is 32.0 Å². The van der Waals surface area contributed by atoms with Gasteiger partial charge >= 0.3 is 63.9 Å². The molecule has 0 saturated carbocycles. The molecule has 0 heterocycles. The Hall–Kier alpha value is -0.244. The molecule has 0 rings (SSSR count). The first kappa shape index (κ1) is 19.3. The molecule has 0 N–H and O–H groups in total. The van der Waals surface area contributed by atoms with Gasteiger partial charge in [0, 0.05) is 6.92 Å². The molecule has 0 bridgehead atoms. The molecule has 0 aliphatic carbocycles. The van der Waals surface area contributed by atoms with Crippen LogP contribution >= 0.6 is 0 Å². The molecule has 0 saturated heterocycles. The maximum absolute atomic E-state index is 9.98. The predicted molar refractivity (Wildman–Crippen MR) is 45.6 cm³/mol. The summed E-state index contributed by atoms with van der Waals surface area (Å²) in [6.45, 7) is 13.6. The molecule has 0 fully saturated rings. The molecule has 0 radical (unpaired) electrons. The van der Waals surface area contributed by atoms with E-state index in [0.29, 0.717) is 0 Å². The van der Waals surface area contributed by atoms with Gasteiger partial charge in [-0.25, -0.2) is 17.9 Å². The third-order valence-corrected chi connectivity index (χ3v) is 0.738. The van der Waals surface area contributed by atoms with Gasteiger partial charge in [-0.2, -0.15) is 0 Å². The number of esters is 1. The van der Waals surface area contributed by atoms with Crippen LogP contribution in [0.5, 0.6) is 0 Å². The molecule has 0 amide bonds. The second-order valence-corrected chi connectivity index (χ2v) is 1.91. The number of hydrogen-bond acceptors (Lipinski definition) is 3. The largest absolute Gasteiger partial charge is 1.00 e. The van der Waals surface area contributed by atoms with Crippen LogP contribution in [0, 0.1) is 13.1 Å². The standard InChI is InChI=1S/C4H5NO2.C4H5NO.K/c1-5-3-4(6)7-2;1-4(6)3-5-2;/h3H2,2H3;3H2,1H3;/q;;+1. The number of hydrogen-bond donors (Lipinski definition) is 0. The van der Waals surface area contributed by atoms with Crippen molar-refractivity contribution in [2.24, 2.45) is 0 Å². The van der Waals surface area contributed by atoms with Gasteiger partial charge in [0.15, 0.2) is 0 Å². The summed E-state index contributed by atoms with van der Waals surface area (Å²) in [5.74, 6) is -0.542. The van der Waals surface area contributed by atoms with E-state index in [1.807, 2.05) is 0 Å². The van der Waals surface area contributed by atoms with Gasteiger partial charge in [-0.3, -0.25) is 4.79 Å². The van der Waals surface area contributed by atoms with E-state index in [4.69, 9.17) is 13.1 Å². The first-order valence-electron chi connectivity index (χ1n) is 3.31. The normalized spacial score (nSPS) is 6.29. The van der Waals surface area contributed by atoms with Gasteiger partial charge in [0.05, 0.1) is 7.11 Å². The summed E-state index contributed by atoms with van der Waals surface area (Å²) in [4.78, 5) is 25.4. The summed E-state index contributed by atoms with van der Waals surface area (Å²) in [7, 11) is 1.26. The number of rotatable bonds is 2. The van der Waals surface area contributed by atoms with E-state index in [2.05, 4.69) is 14.4 Å². The molecule has 0 aromatic heterocycles. The molecular formula is C8H10KN2O3+. The Bertz CT molecular complexity index is 252. The fraction of sp³-hybridized carbons (Fsp3) is 0.500. The minimum atomic E-state index is -0.477. The van der Waals surface area contributed by atoms with Gasteiger partial charge in [-0.15, -0.1) is 0 Å². The molecule has 0 atom stereocenters. The van der Waals surface area contributed by atoms with Crippen LogP contribution in [0.4, 0.5) is 0 Å². The fourth-order valence-corrected chi connectivity index (χ4v) is 0.240. The molecule has 0 aliphatic rings. The number of ether oxygens (including phenoxy) is 1. The Kier molecular flexibility index (Phi) is 21.1. The Morgan fingerprint density at radius 2 is 1.64 bits per heavy atom. The third-order valence-electron chi connectivity index (χ3n) is 0.738. The van der Waals surface area contributed by atoms with Gasteiger partial charge in [0.25, 0.3) is 6.54 Å². The van der Waals surface area contributed by atoms with E-state index in [1.165, 1.54) is 14.0 Å². The predicted octanol–water partition coefficient (Wildman–Crippen LogP) is -2.42. The number of ketones is 1. The second kappa shape index (κ2) is 15.2. The molecule has 70 valence electrons. The third kappa shape index (κ3) is 22.6. The van der Waals surface area contributed by atoms with Crippen LogP contribution in [-0.2, 0) is 14.3 Å². The number of carbonyl (C=O) groups excluding carboxylic acids is 2. The molecule has 0 aromatic carbocycles. The Morgan fingerprint density at radius 3 is 1.71 bits per heavy atom. The Labute approximate surface area is 126 Å².